The van der Waals surface area contributed by atoms with Crippen LogP contribution in [0.5, 0.6) is 11.5 Å². The van der Waals surface area contributed by atoms with Crippen molar-refractivity contribution in [1.29, 1.82) is 0 Å². The predicted octanol–water partition coefficient (Wildman–Crippen LogP) is 5.13. The van der Waals surface area contributed by atoms with Gasteiger partial charge in [0.25, 0.3) is 0 Å². The van der Waals surface area contributed by atoms with Crippen LogP contribution in [0.3, 0.4) is 0 Å². The molecule has 0 atom stereocenters. The summed E-state index contributed by atoms with van der Waals surface area (Å²) in [5.41, 5.74) is 4.64. The third kappa shape index (κ3) is 4.79. The molecular weight excluding hydrogens is 298 g/mol. The fourth-order valence-corrected chi connectivity index (χ4v) is 2.66. The van der Waals surface area contributed by atoms with Crippen molar-refractivity contribution >= 4 is 5.69 Å². The first-order valence-electron chi connectivity index (χ1n) is 8.50. The number of hydrogen-bond acceptors (Lipinski definition) is 3. The zero-order valence-corrected chi connectivity index (χ0v) is 14.9. The third-order valence-electron chi connectivity index (χ3n) is 3.66. The molecule has 2 aromatic rings. The topological polar surface area (TPSA) is 30.5 Å². The highest BCUT2D eigenvalue weighted by atomic mass is 16.5. The van der Waals surface area contributed by atoms with E-state index in [0.29, 0.717) is 13.2 Å². The van der Waals surface area contributed by atoms with Crippen LogP contribution >= 0.6 is 0 Å². The fourth-order valence-electron chi connectivity index (χ4n) is 2.66. The lowest BCUT2D eigenvalue weighted by Gasteiger charge is -2.17. The number of aryl methyl sites for hydroxylation is 1. The first kappa shape index (κ1) is 17.9. The summed E-state index contributed by atoms with van der Waals surface area (Å²) in [6.07, 6.45) is 2.65. The van der Waals surface area contributed by atoms with E-state index in [0.717, 1.165) is 35.7 Å². The minimum atomic E-state index is 0.613. The van der Waals surface area contributed by atoms with Gasteiger partial charge in [0, 0.05) is 17.8 Å². The van der Waals surface area contributed by atoms with Crippen LogP contribution in [-0.4, -0.2) is 13.2 Å². The Morgan fingerprint density at radius 3 is 2.54 bits per heavy atom. The lowest BCUT2D eigenvalue weighted by atomic mass is 10.1. The standard InChI is InChI=1S/C21H27NO2/c1-5-9-18-13-17(14-20(23-6-2)21(18)24-7-3)15-22-19-11-8-10-16(4)12-19/h5,8,10-14,22H,1,6-7,9,15H2,2-4H3. The van der Waals surface area contributed by atoms with Gasteiger partial charge in [-0.1, -0.05) is 18.2 Å². The molecule has 3 heteroatoms. The van der Waals surface area contributed by atoms with Crippen molar-refractivity contribution in [3.05, 3.63) is 65.7 Å². The highest BCUT2D eigenvalue weighted by molar-refractivity contribution is 5.52. The minimum absolute atomic E-state index is 0.613. The Hall–Kier alpha value is -2.42. The quantitative estimate of drug-likeness (QED) is 0.648. The number of benzene rings is 2. The normalized spacial score (nSPS) is 10.3. The Kier molecular flexibility index (Phi) is 6.74. The summed E-state index contributed by atoms with van der Waals surface area (Å²) in [6.45, 7) is 11.9. The molecule has 0 amide bonds. The van der Waals surface area contributed by atoms with Crippen LogP contribution in [0.15, 0.2) is 49.1 Å². The summed E-state index contributed by atoms with van der Waals surface area (Å²) in [6, 6.07) is 12.6. The molecule has 24 heavy (non-hydrogen) atoms. The Labute approximate surface area is 145 Å². The average Bonchev–Trinajstić information content (AvgIpc) is 2.56. The molecule has 0 aliphatic carbocycles. The van der Waals surface area contributed by atoms with Gasteiger partial charge >= 0.3 is 0 Å². The zero-order chi connectivity index (χ0) is 17.4. The van der Waals surface area contributed by atoms with E-state index < -0.39 is 0 Å². The molecule has 0 bridgehead atoms. The van der Waals surface area contributed by atoms with Gasteiger partial charge in [-0.3, -0.25) is 0 Å². The second-order valence-electron chi connectivity index (χ2n) is 5.66. The highest BCUT2D eigenvalue weighted by Crippen LogP contribution is 2.34. The molecule has 1 N–H and O–H groups in total. The smallest absolute Gasteiger partial charge is 0.164 e. The van der Waals surface area contributed by atoms with Crippen molar-refractivity contribution in [3.8, 4) is 11.5 Å². The molecule has 3 nitrogen and oxygen atoms in total. The van der Waals surface area contributed by atoms with Gasteiger partial charge in [-0.25, -0.2) is 0 Å². The third-order valence-corrected chi connectivity index (χ3v) is 3.66. The highest BCUT2D eigenvalue weighted by Gasteiger charge is 2.13. The molecule has 0 unspecified atom stereocenters. The van der Waals surface area contributed by atoms with Crippen molar-refractivity contribution in [3.63, 3.8) is 0 Å². The molecule has 0 aliphatic heterocycles. The molecule has 128 valence electrons. The maximum absolute atomic E-state index is 5.81. The van der Waals surface area contributed by atoms with E-state index in [-0.39, 0.29) is 0 Å². The molecular formula is C21H27NO2. The van der Waals surface area contributed by atoms with Crippen molar-refractivity contribution in [2.75, 3.05) is 18.5 Å². The van der Waals surface area contributed by atoms with Crippen molar-refractivity contribution < 1.29 is 9.47 Å². The van der Waals surface area contributed by atoms with E-state index in [1.807, 2.05) is 19.9 Å². The number of allylic oxidation sites excluding steroid dienone is 1. The number of hydrogen-bond donors (Lipinski definition) is 1. The lowest BCUT2D eigenvalue weighted by molar-refractivity contribution is 0.285. The summed E-state index contributed by atoms with van der Waals surface area (Å²) in [5, 5.41) is 3.47. The van der Waals surface area contributed by atoms with Gasteiger partial charge in [-0.2, -0.15) is 0 Å². The predicted molar refractivity (Wildman–Crippen MR) is 101 cm³/mol. The minimum Gasteiger partial charge on any atom is -0.490 e. The van der Waals surface area contributed by atoms with Crippen LogP contribution in [0.4, 0.5) is 5.69 Å². The Bertz CT molecular complexity index is 680. The van der Waals surface area contributed by atoms with Crippen LogP contribution in [0.25, 0.3) is 0 Å². The Morgan fingerprint density at radius 1 is 1.08 bits per heavy atom. The number of nitrogens with one attached hydrogen (secondary N) is 1. The fraction of sp³-hybridized carbons (Fsp3) is 0.333. The average molecular weight is 325 g/mol. The molecule has 0 spiro atoms. The molecule has 0 aromatic heterocycles. The molecule has 0 radical (unpaired) electrons. The van der Waals surface area contributed by atoms with Gasteiger partial charge in [-0.15, -0.1) is 6.58 Å². The molecule has 2 rings (SSSR count). The van der Waals surface area contributed by atoms with Crippen LogP contribution < -0.4 is 14.8 Å². The van der Waals surface area contributed by atoms with Crippen molar-refractivity contribution in [2.45, 2.75) is 33.7 Å². The van der Waals surface area contributed by atoms with Gasteiger partial charge in [0.1, 0.15) is 0 Å². The van der Waals surface area contributed by atoms with E-state index in [4.69, 9.17) is 9.47 Å². The van der Waals surface area contributed by atoms with E-state index in [1.54, 1.807) is 0 Å². The number of ether oxygens (including phenoxy) is 2. The Morgan fingerprint density at radius 2 is 1.88 bits per heavy atom. The van der Waals surface area contributed by atoms with E-state index in [1.165, 1.54) is 11.1 Å². The monoisotopic (exact) mass is 325 g/mol. The van der Waals surface area contributed by atoms with Crippen LogP contribution in [-0.2, 0) is 13.0 Å². The first-order valence-corrected chi connectivity index (χ1v) is 8.50. The van der Waals surface area contributed by atoms with E-state index >= 15 is 0 Å². The van der Waals surface area contributed by atoms with Crippen LogP contribution in [0, 0.1) is 6.92 Å². The summed E-state index contributed by atoms with van der Waals surface area (Å²) in [7, 11) is 0. The lowest BCUT2D eigenvalue weighted by Crippen LogP contribution is -2.05. The molecule has 0 heterocycles. The largest absolute Gasteiger partial charge is 0.490 e. The van der Waals surface area contributed by atoms with Gasteiger partial charge in [-0.05, 0) is 62.6 Å². The van der Waals surface area contributed by atoms with Crippen LogP contribution in [0.2, 0.25) is 0 Å². The number of rotatable bonds is 9. The maximum atomic E-state index is 5.81. The molecule has 0 saturated heterocycles. The first-order chi connectivity index (χ1) is 11.7. The number of anilines is 1. The summed E-state index contributed by atoms with van der Waals surface area (Å²) < 4.78 is 11.6. The molecule has 0 aliphatic rings. The second kappa shape index (κ2) is 9.02. The van der Waals surface area contributed by atoms with Crippen molar-refractivity contribution in [1.82, 2.24) is 0 Å². The SMILES string of the molecule is C=CCc1cc(CNc2cccc(C)c2)cc(OCC)c1OCC. The maximum Gasteiger partial charge on any atom is 0.164 e. The summed E-state index contributed by atoms with van der Waals surface area (Å²) >= 11 is 0. The van der Waals surface area contributed by atoms with Gasteiger partial charge in [0.15, 0.2) is 11.5 Å². The molecule has 0 fully saturated rings. The summed E-state index contributed by atoms with van der Waals surface area (Å²) in [4.78, 5) is 0. The van der Waals surface area contributed by atoms with Crippen molar-refractivity contribution in [2.24, 2.45) is 0 Å². The molecule has 0 saturated carbocycles. The van der Waals surface area contributed by atoms with Gasteiger partial charge in [0.2, 0.25) is 0 Å². The second-order valence-corrected chi connectivity index (χ2v) is 5.66. The zero-order valence-electron chi connectivity index (χ0n) is 14.9. The molecule has 2 aromatic carbocycles. The Balaban J connectivity index is 2.26. The van der Waals surface area contributed by atoms with Gasteiger partial charge < -0.3 is 14.8 Å². The van der Waals surface area contributed by atoms with E-state index in [9.17, 15) is 0 Å². The van der Waals surface area contributed by atoms with Crippen LogP contribution in [0.1, 0.15) is 30.5 Å². The van der Waals surface area contributed by atoms with Gasteiger partial charge in [0.05, 0.1) is 13.2 Å². The summed E-state index contributed by atoms with van der Waals surface area (Å²) in [5.74, 6) is 1.64. The van der Waals surface area contributed by atoms with E-state index in [2.05, 4.69) is 55.2 Å².